The largest absolute Gasteiger partial charge is 0.378 e. The van der Waals surface area contributed by atoms with Gasteiger partial charge >= 0.3 is 0 Å². The molecular weight excluding hydrogens is 190 g/mol. The molecule has 1 aliphatic heterocycles. The molecule has 0 aromatic heterocycles. The van der Waals surface area contributed by atoms with E-state index in [9.17, 15) is 4.79 Å². The minimum absolute atomic E-state index is 0.0950. The van der Waals surface area contributed by atoms with Crippen molar-refractivity contribution in [2.45, 2.75) is 52.2 Å². The van der Waals surface area contributed by atoms with Crippen LogP contribution in [0.3, 0.4) is 0 Å². The first-order valence-electron chi connectivity index (χ1n) is 6.07. The fraction of sp³-hybridized carbons (Fsp3) is 0.917. The Morgan fingerprint density at radius 2 is 2.00 bits per heavy atom. The molecule has 0 amide bonds. The van der Waals surface area contributed by atoms with E-state index in [0.717, 1.165) is 32.5 Å². The van der Waals surface area contributed by atoms with Gasteiger partial charge in [-0.3, -0.25) is 9.69 Å². The molecule has 0 radical (unpaired) electrons. The summed E-state index contributed by atoms with van der Waals surface area (Å²) in [5, 5.41) is 0. The number of hydrogen-bond acceptors (Lipinski definition) is 3. The molecule has 0 aromatic rings. The van der Waals surface area contributed by atoms with Crippen LogP contribution in [0.15, 0.2) is 0 Å². The first kappa shape index (κ1) is 12.7. The van der Waals surface area contributed by atoms with Gasteiger partial charge in [-0.2, -0.15) is 0 Å². The van der Waals surface area contributed by atoms with Crippen molar-refractivity contribution in [1.29, 1.82) is 0 Å². The number of carbonyl (C=O) groups excluding carboxylic acids is 1. The van der Waals surface area contributed by atoms with Crippen LogP contribution in [0.1, 0.15) is 40.0 Å². The molecular formula is C12H23NO2. The second-order valence-corrected chi connectivity index (χ2v) is 4.19. The molecule has 0 bridgehead atoms. The summed E-state index contributed by atoms with van der Waals surface area (Å²) in [5.74, 6) is 0.352. The molecule has 3 nitrogen and oxygen atoms in total. The molecule has 0 aromatic carbocycles. The Balaban J connectivity index is 2.33. The predicted molar refractivity (Wildman–Crippen MR) is 61.0 cm³/mol. The van der Waals surface area contributed by atoms with Gasteiger partial charge in [0.2, 0.25) is 0 Å². The van der Waals surface area contributed by atoms with Crippen molar-refractivity contribution in [2.24, 2.45) is 0 Å². The number of rotatable bonds is 5. The maximum Gasteiger partial charge on any atom is 0.149 e. The average Bonchev–Trinajstić information content (AvgIpc) is 2.28. The lowest BCUT2D eigenvalue weighted by molar-refractivity contribution is -0.124. The van der Waals surface area contributed by atoms with E-state index in [-0.39, 0.29) is 6.04 Å². The van der Waals surface area contributed by atoms with E-state index in [1.165, 1.54) is 0 Å². The van der Waals surface area contributed by atoms with Crippen LogP contribution in [0.25, 0.3) is 0 Å². The standard InChI is InChI=1S/C12H23NO2/c1-4-12(14)10(3)13-8-6-11(7-9-13)15-5-2/h10-11H,4-9H2,1-3H3. The topological polar surface area (TPSA) is 29.5 Å². The summed E-state index contributed by atoms with van der Waals surface area (Å²) in [6.45, 7) is 8.79. The van der Waals surface area contributed by atoms with Crippen molar-refractivity contribution in [3.8, 4) is 0 Å². The third-order valence-electron chi connectivity index (χ3n) is 3.24. The van der Waals surface area contributed by atoms with E-state index >= 15 is 0 Å². The molecule has 3 heteroatoms. The first-order chi connectivity index (χ1) is 7.19. The van der Waals surface area contributed by atoms with Gasteiger partial charge in [0.25, 0.3) is 0 Å². The number of nitrogens with zero attached hydrogens (tertiary/aromatic N) is 1. The third kappa shape index (κ3) is 3.58. The lowest BCUT2D eigenvalue weighted by Crippen LogP contribution is -2.45. The van der Waals surface area contributed by atoms with Gasteiger partial charge in [-0.25, -0.2) is 0 Å². The number of Topliss-reactive ketones (excluding diaryl/α,β-unsaturated/α-hetero) is 1. The van der Waals surface area contributed by atoms with Gasteiger partial charge < -0.3 is 4.74 Å². The Morgan fingerprint density at radius 3 is 2.47 bits per heavy atom. The summed E-state index contributed by atoms with van der Waals surface area (Å²) < 4.78 is 5.59. The number of ether oxygens (including phenoxy) is 1. The van der Waals surface area contributed by atoms with Crippen LogP contribution in [-0.2, 0) is 9.53 Å². The molecule has 0 aliphatic carbocycles. The maximum absolute atomic E-state index is 11.5. The third-order valence-corrected chi connectivity index (χ3v) is 3.24. The zero-order chi connectivity index (χ0) is 11.3. The first-order valence-corrected chi connectivity index (χ1v) is 6.07. The Bertz CT molecular complexity index is 198. The second kappa shape index (κ2) is 6.23. The molecule has 0 saturated carbocycles. The van der Waals surface area contributed by atoms with Crippen LogP contribution in [-0.4, -0.2) is 42.5 Å². The monoisotopic (exact) mass is 213 g/mol. The summed E-state index contributed by atoms with van der Waals surface area (Å²) in [6.07, 6.45) is 3.19. The lowest BCUT2D eigenvalue weighted by atomic mass is 10.0. The van der Waals surface area contributed by atoms with Crippen LogP contribution < -0.4 is 0 Å². The van der Waals surface area contributed by atoms with E-state index in [1.54, 1.807) is 0 Å². The minimum Gasteiger partial charge on any atom is -0.378 e. The van der Waals surface area contributed by atoms with Gasteiger partial charge in [0.1, 0.15) is 5.78 Å². The van der Waals surface area contributed by atoms with Crippen molar-refractivity contribution >= 4 is 5.78 Å². The molecule has 1 heterocycles. The number of likely N-dealkylation sites (tertiary alicyclic amines) is 1. The van der Waals surface area contributed by atoms with Crippen LogP contribution in [0.2, 0.25) is 0 Å². The molecule has 1 saturated heterocycles. The fourth-order valence-corrected chi connectivity index (χ4v) is 2.16. The van der Waals surface area contributed by atoms with E-state index in [1.807, 2.05) is 20.8 Å². The SMILES string of the molecule is CCOC1CCN(C(C)C(=O)CC)CC1. The molecule has 88 valence electrons. The molecule has 15 heavy (non-hydrogen) atoms. The summed E-state index contributed by atoms with van der Waals surface area (Å²) in [6, 6.07) is 0.0950. The Kier molecular flexibility index (Phi) is 5.26. The van der Waals surface area contributed by atoms with Crippen LogP contribution in [0, 0.1) is 0 Å². The molecule has 0 N–H and O–H groups in total. The highest BCUT2D eigenvalue weighted by Crippen LogP contribution is 2.16. The van der Waals surface area contributed by atoms with Crippen molar-refractivity contribution in [3.63, 3.8) is 0 Å². The lowest BCUT2D eigenvalue weighted by Gasteiger charge is -2.35. The van der Waals surface area contributed by atoms with Gasteiger partial charge in [0.15, 0.2) is 0 Å². The predicted octanol–water partition coefficient (Wildman–Crippen LogP) is 1.85. The molecule has 1 fully saturated rings. The van der Waals surface area contributed by atoms with Crippen LogP contribution in [0.4, 0.5) is 0 Å². The van der Waals surface area contributed by atoms with Gasteiger partial charge in [-0.1, -0.05) is 6.92 Å². The Hall–Kier alpha value is -0.410. The van der Waals surface area contributed by atoms with Crippen molar-refractivity contribution in [3.05, 3.63) is 0 Å². The van der Waals surface area contributed by atoms with Crippen LogP contribution >= 0.6 is 0 Å². The fourth-order valence-electron chi connectivity index (χ4n) is 2.16. The summed E-state index contributed by atoms with van der Waals surface area (Å²) in [4.78, 5) is 13.8. The van der Waals surface area contributed by atoms with Gasteiger partial charge in [0.05, 0.1) is 12.1 Å². The van der Waals surface area contributed by atoms with E-state index in [0.29, 0.717) is 18.3 Å². The van der Waals surface area contributed by atoms with Gasteiger partial charge in [-0.15, -0.1) is 0 Å². The highest BCUT2D eigenvalue weighted by Gasteiger charge is 2.25. The quantitative estimate of drug-likeness (QED) is 0.698. The Morgan fingerprint density at radius 1 is 1.40 bits per heavy atom. The molecule has 1 rings (SSSR count). The number of hydrogen-bond donors (Lipinski definition) is 0. The zero-order valence-electron chi connectivity index (χ0n) is 10.2. The van der Waals surface area contributed by atoms with Gasteiger partial charge in [0, 0.05) is 26.1 Å². The van der Waals surface area contributed by atoms with E-state index in [2.05, 4.69) is 4.90 Å². The number of carbonyl (C=O) groups is 1. The van der Waals surface area contributed by atoms with E-state index < -0.39 is 0 Å². The second-order valence-electron chi connectivity index (χ2n) is 4.19. The maximum atomic E-state index is 11.5. The highest BCUT2D eigenvalue weighted by molar-refractivity contribution is 5.83. The smallest absolute Gasteiger partial charge is 0.149 e. The number of ketones is 1. The molecule has 1 aliphatic rings. The van der Waals surface area contributed by atoms with Crippen molar-refractivity contribution < 1.29 is 9.53 Å². The van der Waals surface area contributed by atoms with Crippen LogP contribution in [0.5, 0.6) is 0 Å². The zero-order valence-corrected chi connectivity index (χ0v) is 10.2. The molecule has 1 atom stereocenters. The summed E-state index contributed by atoms with van der Waals surface area (Å²) in [5.41, 5.74) is 0. The average molecular weight is 213 g/mol. The summed E-state index contributed by atoms with van der Waals surface area (Å²) >= 11 is 0. The molecule has 0 spiro atoms. The molecule has 1 unspecified atom stereocenters. The van der Waals surface area contributed by atoms with Gasteiger partial charge in [-0.05, 0) is 26.7 Å². The minimum atomic E-state index is 0.0950. The highest BCUT2D eigenvalue weighted by atomic mass is 16.5. The van der Waals surface area contributed by atoms with E-state index in [4.69, 9.17) is 4.74 Å². The number of piperidine rings is 1. The Labute approximate surface area is 92.8 Å². The summed E-state index contributed by atoms with van der Waals surface area (Å²) in [7, 11) is 0. The normalized spacial score (nSPS) is 21.5. The van der Waals surface area contributed by atoms with Crippen molar-refractivity contribution in [1.82, 2.24) is 4.90 Å². The van der Waals surface area contributed by atoms with Crippen molar-refractivity contribution in [2.75, 3.05) is 19.7 Å².